The predicted octanol–water partition coefficient (Wildman–Crippen LogP) is 4.10. The highest BCUT2D eigenvalue weighted by molar-refractivity contribution is 7.98. The molecule has 0 radical (unpaired) electrons. The first-order chi connectivity index (χ1) is 10.7. The van der Waals surface area contributed by atoms with Crippen molar-refractivity contribution in [2.24, 2.45) is 11.8 Å². The Morgan fingerprint density at radius 2 is 1.73 bits per heavy atom. The summed E-state index contributed by atoms with van der Waals surface area (Å²) in [4.78, 5) is 14.7. The molecule has 2 atom stereocenters. The highest BCUT2D eigenvalue weighted by atomic mass is 32.2. The van der Waals surface area contributed by atoms with Crippen LogP contribution in [-0.2, 0) is 12.8 Å². The van der Waals surface area contributed by atoms with Gasteiger partial charge in [-0.15, -0.1) is 11.8 Å². The van der Waals surface area contributed by atoms with Gasteiger partial charge >= 0.3 is 0 Å². The molecule has 2 heterocycles. The number of thioether (sulfide) groups is 1. The molecule has 0 bridgehead atoms. The average molecular weight is 313 g/mol. The number of hydrogen-bond donors (Lipinski definition) is 0. The second-order valence-electron chi connectivity index (χ2n) is 6.32. The molecule has 2 aromatic heterocycles. The first-order valence-electron chi connectivity index (χ1n) is 7.99. The molecule has 22 heavy (non-hydrogen) atoms. The minimum Gasteiger partial charge on any atom is -0.261 e. The molecule has 1 saturated carbocycles. The van der Waals surface area contributed by atoms with E-state index in [0.29, 0.717) is 0 Å². The topological polar surface area (TPSA) is 38.7 Å². The van der Waals surface area contributed by atoms with Crippen LogP contribution >= 0.6 is 11.8 Å². The van der Waals surface area contributed by atoms with Gasteiger partial charge in [0.15, 0.2) is 0 Å². The summed E-state index contributed by atoms with van der Waals surface area (Å²) in [5, 5.41) is 0. The largest absolute Gasteiger partial charge is 0.261 e. The van der Waals surface area contributed by atoms with Gasteiger partial charge < -0.3 is 0 Å². The van der Waals surface area contributed by atoms with Crippen LogP contribution in [0.2, 0.25) is 0 Å². The van der Waals surface area contributed by atoms with Crippen LogP contribution in [0, 0.1) is 18.8 Å². The molecule has 3 nitrogen and oxygen atoms in total. The van der Waals surface area contributed by atoms with E-state index in [-0.39, 0.29) is 0 Å². The maximum atomic E-state index is 4.54. The fourth-order valence-electron chi connectivity index (χ4n) is 3.28. The van der Waals surface area contributed by atoms with Crippen molar-refractivity contribution in [2.75, 3.05) is 6.26 Å². The molecular formula is C18H23N3S. The fraction of sp³-hybridized carbons (Fsp3) is 0.500. The molecular weight excluding hydrogens is 290 g/mol. The Labute approximate surface area is 137 Å². The van der Waals surface area contributed by atoms with E-state index in [4.69, 9.17) is 0 Å². The van der Waals surface area contributed by atoms with Crippen LogP contribution in [0.25, 0.3) is 0 Å². The van der Waals surface area contributed by atoms with Crippen molar-refractivity contribution >= 4 is 11.8 Å². The van der Waals surface area contributed by atoms with Crippen molar-refractivity contribution in [3.63, 3.8) is 0 Å². The fourth-order valence-corrected chi connectivity index (χ4v) is 3.59. The molecule has 0 aliphatic heterocycles. The molecule has 4 heteroatoms. The SMILES string of the molecule is CSc1cnc(C[C@H]2CC[C@H](Cc3ccc(C)cn3)C2)nc1. The van der Waals surface area contributed by atoms with Crippen LogP contribution < -0.4 is 0 Å². The van der Waals surface area contributed by atoms with Gasteiger partial charge in [-0.25, -0.2) is 9.97 Å². The third kappa shape index (κ3) is 4.07. The normalized spacial score (nSPS) is 21.2. The van der Waals surface area contributed by atoms with E-state index in [1.54, 1.807) is 11.8 Å². The van der Waals surface area contributed by atoms with Crippen molar-refractivity contribution in [1.29, 1.82) is 0 Å². The summed E-state index contributed by atoms with van der Waals surface area (Å²) in [7, 11) is 0. The van der Waals surface area contributed by atoms with E-state index in [9.17, 15) is 0 Å². The van der Waals surface area contributed by atoms with Gasteiger partial charge in [0.2, 0.25) is 0 Å². The van der Waals surface area contributed by atoms with Crippen molar-refractivity contribution in [1.82, 2.24) is 15.0 Å². The number of pyridine rings is 1. The highest BCUT2D eigenvalue weighted by Gasteiger charge is 2.25. The van der Waals surface area contributed by atoms with E-state index < -0.39 is 0 Å². The molecule has 1 aliphatic carbocycles. The highest BCUT2D eigenvalue weighted by Crippen LogP contribution is 2.34. The Balaban J connectivity index is 1.52. The Hall–Kier alpha value is -1.42. The van der Waals surface area contributed by atoms with Gasteiger partial charge in [-0.2, -0.15) is 0 Å². The van der Waals surface area contributed by atoms with E-state index in [2.05, 4.69) is 40.3 Å². The Morgan fingerprint density at radius 1 is 1.00 bits per heavy atom. The van der Waals surface area contributed by atoms with E-state index in [1.807, 2.05) is 18.6 Å². The number of hydrogen-bond acceptors (Lipinski definition) is 4. The molecule has 2 aromatic rings. The molecule has 1 aliphatic rings. The van der Waals surface area contributed by atoms with Crippen molar-refractivity contribution in [3.8, 4) is 0 Å². The Morgan fingerprint density at radius 3 is 2.36 bits per heavy atom. The van der Waals surface area contributed by atoms with Crippen LogP contribution in [0.5, 0.6) is 0 Å². The molecule has 0 saturated heterocycles. The molecule has 1 fully saturated rings. The molecule has 0 amide bonds. The van der Waals surface area contributed by atoms with Crippen LogP contribution in [0.3, 0.4) is 0 Å². The number of rotatable bonds is 5. The summed E-state index contributed by atoms with van der Waals surface area (Å²) in [6.07, 6.45) is 13.9. The third-order valence-electron chi connectivity index (χ3n) is 4.51. The van der Waals surface area contributed by atoms with Gasteiger partial charge in [0, 0.05) is 35.6 Å². The lowest BCUT2D eigenvalue weighted by Crippen LogP contribution is -2.06. The lowest BCUT2D eigenvalue weighted by Gasteiger charge is -2.11. The van der Waals surface area contributed by atoms with E-state index >= 15 is 0 Å². The Kier molecular flexibility index (Phi) is 5.08. The van der Waals surface area contributed by atoms with Gasteiger partial charge in [0.25, 0.3) is 0 Å². The smallest absolute Gasteiger partial charge is 0.128 e. The maximum Gasteiger partial charge on any atom is 0.128 e. The Bertz CT molecular complexity index is 595. The summed E-state index contributed by atoms with van der Waals surface area (Å²) in [5.74, 6) is 2.50. The zero-order valence-electron chi connectivity index (χ0n) is 13.3. The first-order valence-corrected chi connectivity index (χ1v) is 9.22. The van der Waals surface area contributed by atoms with Gasteiger partial charge in [0.05, 0.1) is 0 Å². The average Bonchev–Trinajstić information content (AvgIpc) is 2.97. The summed E-state index contributed by atoms with van der Waals surface area (Å²) in [5.41, 5.74) is 2.47. The second kappa shape index (κ2) is 7.23. The molecule has 0 unspecified atom stereocenters. The molecule has 0 N–H and O–H groups in total. The van der Waals surface area contributed by atoms with Crippen LogP contribution in [0.15, 0.2) is 35.6 Å². The van der Waals surface area contributed by atoms with Crippen molar-refractivity contribution < 1.29 is 0 Å². The standard InChI is InChI=1S/C18H23N3S/c1-13-3-6-16(19-10-13)8-14-4-5-15(7-14)9-18-20-11-17(22-2)12-21-18/h3,6,10-12,14-15H,4-5,7-9H2,1-2H3/t14-,15-/m0/s1. The minimum absolute atomic E-state index is 0.732. The van der Waals surface area contributed by atoms with Crippen LogP contribution in [0.1, 0.15) is 36.3 Å². The van der Waals surface area contributed by atoms with E-state index in [0.717, 1.165) is 35.4 Å². The van der Waals surface area contributed by atoms with Crippen LogP contribution in [0.4, 0.5) is 0 Å². The van der Waals surface area contributed by atoms with Gasteiger partial charge in [-0.1, -0.05) is 6.07 Å². The molecule has 116 valence electrons. The molecule has 0 aromatic carbocycles. The first kappa shape index (κ1) is 15.5. The molecule has 0 spiro atoms. The monoisotopic (exact) mass is 313 g/mol. The van der Waals surface area contributed by atoms with Gasteiger partial charge in [-0.3, -0.25) is 4.98 Å². The zero-order valence-corrected chi connectivity index (χ0v) is 14.1. The summed E-state index contributed by atoms with van der Waals surface area (Å²) < 4.78 is 0. The van der Waals surface area contributed by atoms with Crippen LogP contribution in [-0.4, -0.2) is 21.2 Å². The second-order valence-corrected chi connectivity index (χ2v) is 7.20. The number of aromatic nitrogens is 3. The lowest BCUT2D eigenvalue weighted by atomic mass is 9.97. The summed E-state index contributed by atoms with van der Waals surface area (Å²) in [6.45, 7) is 2.09. The predicted molar refractivity (Wildman–Crippen MR) is 91.0 cm³/mol. The van der Waals surface area contributed by atoms with Crippen molar-refractivity contribution in [2.45, 2.75) is 43.9 Å². The number of nitrogens with zero attached hydrogens (tertiary/aromatic N) is 3. The minimum atomic E-state index is 0.732. The maximum absolute atomic E-state index is 4.54. The lowest BCUT2D eigenvalue weighted by molar-refractivity contribution is 0.476. The zero-order chi connectivity index (χ0) is 15.4. The third-order valence-corrected chi connectivity index (χ3v) is 5.19. The van der Waals surface area contributed by atoms with E-state index in [1.165, 1.54) is 30.5 Å². The van der Waals surface area contributed by atoms with Gasteiger partial charge in [-0.05, 0) is 62.3 Å². The summed E-state index contributed by atoms with van der Waals surface area (Å²) >= 11 is 1.69. The summed E-state index contributed by atoms with van der Waals surface area (Å²) in [6, 6.07) is 4.34. The van der Waals surface area contributed by atoms with Gasteiger partial charge in [0.1, 0.15) is 5.82 Å². The quantitative estimate of drug-likeness (QED) is 0.779. The number of aryl methyl sites for hydroxylation is 1. The molecule has 3 rings (SSSR count). The van der Waals surface area contributed by atoms with Crippen molar-refractivity contribution in [3.05, 3.63) is 47.8 Å².